The molecule has 9 nitrogen and oxygen atoms in total. The molecule has 0 bridgehead atoms. The van der Waals surface area contributed by atoms with Gasteiger partial charge in [-0.2, -0.15) is 0 Å². The lowest BCUT2D eigenvalue weighted by molar-refractivity contribution is -0.112. The monoisotopic (exact) mass is 738 g/mol. The van der Waals surface area contributed by atoms with E-state index in [2.05, 4.69) is 65.5 Å². The van der Waals surface area contributed by atoms with E-state index >= 15 is 0 Å². The summed E-state index contributed by atoms with van der Waals surface area (Å²) in [5.41, 5.74) is 7.67. The van der Waals surface area contributed by atoms with E-state index in [0.29, 0.717) is 37.0 Å². The SMILES string of the molecule is CCCCOCCOc1ccc(-c2ccc3c(c2)C=C(C(=O)Nc2ccc(S(=O)Cc4c(C)ncn4CC)cc2)CCCN3CC2CCOCC2)cc1. The van der Waals surface area contributed by atoms with Crippen LogP contribution in [0.25, 0.3) is 17.2 Å². The molecule has 1 fully saturated rings. The Kier molecular flexibility index (Phi) is 13.9. The van der Waals surface area contributed by atoms with Crippen molar-refractivity contribution in [3.05, 3.63) is 95.6 Å². The molecular weight excluding hydrogens is 685 g/mol. The van der Waals surface area contributed by atoms with Crippen LogP contribution in [0.3, 0.4) is 0 Å². The first kappa shape index (κ1) is 38.5. The predicted octanol–water partition coefficient (Wildman–Crippen LogP) is 8.43. The third kappa shape index (κ3) is 10.5. The number of carbonyl (C=O) groups excluding carboxylic acids is 1. The van der Waals surface area contributed by atoms with Crippen LogP contribution in [0.15, 0.2) is 83.5 Å². The molecule has 3 heterocycles. The van der Waals surface area contributed by atoms with Crippen molar-refractivity contribution in [2.75, 3.05) is 56.3 Å². The Balaban J connectivity index is 1.18. The number of hydrogen-bond donors (Lipinski definition) is 1. The number of nitrogens with zero attached hydrogens (tertiary/aromatic N) is 3. The van der Waals surface area contributed by atoms with Gasteiger partial charge in [0, 0.05) is 61.3 Å². The van der Waals surface area contributed by atoms with Crippen LogP contribution in [0.5, 0.6) is 5.75 Å². The minimum atomic E-state index is -1.23. The summed E-state index contributed by atoms with van der Waals surface area (Å²) in [4.78, 5) is 21.4. The molecule has 0 aliphatic carbocycles. The van der Waals surface area contributed by atoms with Crippen LogP contribution in [0, 0.1) is 12.8 Å². The molecule has 1 unspecified atom stereocenters. The molecule has 2 aliphatic rings. The summed E-state index contributed by atoms with van der Waals surface area (Å²) in [6.07, 6.45) is 9.75. The lowest BCUT2D eigenvalue weighted by Crippen LogP contribution is -2.34. The van der Waals surface area contributed by atoms with Gasteiger partial charge in [0.2, 0.25) is 0 Å². The van der Waals surface area contributed by atoms with Crippen molar-refractivity contribution in [2.45, 2.75) is 76.5 Å². The smallest absolute Gasteiger partial charge is 0.251 e. The zero-order chi connectivity index (χ0) is 37.0. The van der Waals surface area contributed by atoms with Gasteiger partial charge in [0.25, 0.3) is 5.91 Å². The summed E-state index contributed by atoms with van der Waals surface area (Å²) in [5, 5.41) is 3.12. The Morgan fingerprint density at radius 3 is 2.51 bits per heavy atom. The average molecular weight is 739 g/mol. The van der Waals surface area contributed by atoms with Crippen LogP contribution in [0.1, 0.15) is 69.3 Å². The fraction of sp³-hybridized carbons (Fsp3) is 0.442. The van der Waals surface area contributed by atoms with Crippen molar-refractivity contribution in [1.29, 1.82) is 0 Å². The number of hydrogen-bond acceptors (Lipinski definition) is 7. The molecule has 1 saturated heterocycles. The van der Waals surface area contributed by atoms with Crippen LogP contribution in [0.4, 0.5) is 11.4 Å². The quantitative estimate of drug-likeness (QED) is 0.115. The molecular formula is C43H54N4O5S. The minimum absolute atomic E-state index is 0.115. The maximum atomic E-state index is 13.8. The van der Waals surface area contributed by atoms with Crippen LogP contribution in [-0.4, -0.2) is 65.8 Å². The summed E-state index contributed by atoms with van der Waals surface area (Å²) < 4.78 is 32.5. The van der Waals surface area contributed by atoms with Gasteiger partial charge in [0.05, 0.1) is 40.9 Å². The molecule has 6 rings (SSSR count). The van der Waals surface area contributed by atoms with Crippen molar-refractivity contribution in [2.24, 2.45) is 5.92 Å². The first-order valence-electron chi connectivity index (χ1n) is 19.2. The van der Waals surface area contributed by atoms with E-state index in [9.17, 15) is 9.00 Å². The number of imidazole rings is 1. The highest BCUT2D eigenvalue weighted by atomic mass is 32.2. The molecule has 0 spiro atoms. The molecule has 0 saturated carbocycles. The van der Waals surface area contributed by atoms with Gasteiger partial charge in [-0.05, 0) is 123 Å². The van der Waals surface area contributed by atoms with Crippen molar-refractivity contribution in [3.8, 4) is 16.9 Å². The number of ether oxygens (including phenoxy) is 3. The van der Waals surface area contributed by atoms with Gasteiger partial charge in [-0.3, -0.25) is 9.00 Å². The van der Waals surface area contributed by atoms with E-state index in [0.717, 1.165) is 122 Å². The topological polar surface area (TPSA) is 94.9 Å². The summed E-state index contributed by atoms with van der Waals surface area (Å²) >= 11 is 0. The second kappa shape index (κ2) is 19.2. The van der Waals surface area contributed by atoms with Gasteiger partial charge in [0.15, 0.2) is 0 Å². The molecule has 0 radical (unpaired) electrons. The number of fused-ring (bicyclic) bond motifs is 1. The number of aromatic nitrogens is 2. The van der Waals surface area contributed by atoms with Gasteiger partial charge in [-0.15, -0.1) is 0 Å². The normalized spacial score (nSPS) is 15.6. The Labute approximate surface area is 317 Å². The zero-order valence-corrected chi connectivity index (χ0v) is 32.3. The molecule has 1 atom stereocenters. The van der Waals surface area contributed by atoms with Crippen LogP contribution in [0.2, 0.25) is 0 Å². The minimum Gasteiger partial charge on any atom is -0.491 e. The van der Waals surface area contributed by atoms with Gasteiger partial charge in [-0.1, -0.05) is 31.5 Å². The number of rotatable bonds is 16. The Hall–Kier alpha value is -4.25. The van der Waals surface area contributed by atoms with E-state index < -0.39 is 10.8 Å². The Bertz CT molecular complexity index is 1850. The van der Waals surface area contributed by atoms with Crippen molar-refractivity contribution in [3.63, 3.8) is 0 Å². The maximum Gasteiger partial charge on any atom is 0.251 e. The van der Waals surface area contributed by atoms with E-state index in [1.165, 1.54) is 0 Å². The van der Waals surface area contributed by atoms with Crippen molar-refractivity contribution >= 4 is 34.2 Å². The van der Waals surface area contributed by atoms with Gasteiger partial charge in [-0.25, -0.2) is 4.98 Å². The molecule has 1 amide bonds. The van der Waals surface area contributed by atoms with Crippen molar-refractivity contribution in [1.82, 2.24) is 9.55 Å². The van der Waals surface area contributed by atoms with E-state index in [-0.39, 0.29) is 5.91 Å². The van der Waals surface area contributed by atoms with E-state index in [1.807, 2.05) is 47.9 Å². The van der Waals surface area contributed by atoms with Crippen LogP contribution in [-0.2, 0) is 37.4 Å². The summed E-state index contributed by atoms with van der Waals surface area (Å²) in [6, 6.07) is 22.2. The lowest BCUT2D eigenvalue weighted by Gasteiger charge is -2.33. The van der Waals surface area contributed by atoms with Gasteiger partial charge >= 0.3 is 0 Å². The van der Waals surface area contributed by atoms with Crippen LogP contribution < -0.4 is 15.0 Å². The highest BCUT2D eigenvalue weighted by molar-refractivity contribution is 7.84. The van der Waals surface area contributed by atoms with E-state index in [4.69, 9.17) is 14.2 Å². The highest BCUT2D eigenvalue weighted by Gasteiger charge is 2.23. The molecule has 1 aromatic heterocycles. The standard InChI is InChI=1S/C43H54N4O5S/c1-4-6-22-50-25-26-52-39-14-9-34(10-15-39)35-11-18-41-37(27-35)28-36(8-7-21-47(41)29-33-19-23-51-24-20-33)43(48)45-38-12-16-40(17-13-38)53(49)30-42-32(3)44-31-46(42)5-2/h9-18,27-28,31,33H,4-8,19-26,29-30H2,1-3H3,(H,45,48). The second-order valence-electron chi connectivity index (χ2n) is 13.9. The summed E-state index contributed by atoms with van der Waals surface area (Å²) in [5.74, 6) is 1.69. The fourth-order valence-corrected chi connectivity index (χ4v) is 8.20. The molecule has 53 heavy (non-hydrogen) atoms. The van der Waals surface area contributed by atoms with Crippen molar-refractivity contribution < 1.29 is 23.2 Å². The zero-order valence-electron chi connectivity index (χ0n) is 31.5. The molecule has 1 N–H and O–H groups in total. The van der Waals surface area contributed by atoms with Gasteiger partial charge < -0.3 is 29.0 Å². The summed E-state index contributed by atoms with van der Waals surface area (Å²) in [6.45, 7) is 12.3. The van der Waals surface area contributed by atoms with Crippen LogP contribution >= 0.6 is 0 Å². The Morgan fingerprint density at radius 1 is 0.981 bits per heavy atom. The Morgan fingerprint density at radius 2 is 1.75 bits per heavy atom. The second-order valence-corrected chi connectivity index (χ2v) is 15.4. The maximum absolute atomic E-state index is 13.8. The third-order valence-corrected chi connectivity index (χ3v) is 11.5. The number of anilines is 2. The first-order chi connectivity index (χ1) is 25.9. The molecule has 282 valence electrons. The number of unbranched alkanes of at least 4 members (excludes halogenated alkanes) is 1. The largest absolute Gasteiger partial charge is 0.491 e. The number of nitrogens with one attached hydrogen (secondary N) is 1. The fourth-order valence-electron chi connectivity index (χ4n) is 6.98. The predicted molar refractivity (Wildman–Crippen MR) is 214 cm³/mol. The van der Waals surface area contributed by atoms with Gasteiger partial charge in [0.1, 0.15) is 12.4 Å². The number of benzene rings is 3. The number of carbonyl (C=O) groups is 1. The molecule has 2 aliphatic heterocycles. The highest BCUT2D eigenvalue weighted by Crippen LogP contribution is 2.34. The number of aryl methyl sites for hydroxylation is 2. The first-order valence-corrected chi connectivity index (χ1v) is 20.5. The lowest BCUT2D eigenvalue weighted by atomic mass is 9.94. The molecule has 3 aromatic carbocycles. The molecule has 4 aromatic rings. The third-order valence-electron chi connectivity index (χ3n) is 10.1. The number of amides is 1. The van der Waals surface area contributed by atoms with E-state index in [1.54, 1.807) is 6.33 Å². The average Bonchev–Trinajstić information content (AvgIpc) is 3.53. The summed E-state index contributed by atoms with van der Waals surface area (Å²) in [7, 11) is -1.23. The molecule has 10 heteroatoms.